The molecule has 16 nitrogen and oxygen atoms in total. The van der Waals surface area contributed by atoms with Crippen LogP contribution in [0.25, 0.3) is 0 Å². The maximum absolute atomic E-state index is 12.4. The van der Waals surface area contributed by atoms with Crippen molar-refractivity contribution < 1.29 is 47.7 Å². The average molecular weight is 605 g/mol. The summed E-state index contributed by atoms with van der Waals surface area (Å²) in [4.78, 5) is 78.8. The van der Waals surface area contributed by atoms with Crippen LogP contribution >= 0.6 is 0 Å². The molecule has 3 N–H and O–H groups in total. The third-order valence-electron chi connectivity index (χ3n) is 6.04. The van der Waals surface area contributed by atoms with Crippen LogP contribution in [0.5, 0.6) is 0 Å². The molecule has 0 aromatic carbocycles. The first-order valence-electron chi connectivity index (χ1n) is 13.6. The largest absolute Gasteiger partial charge is 0.468 e. The van der Waals surface area contributed by atoms with Gasteiger partial charge in [-0.25, -0.2) is 0 Å². The van der Waals surface area contributed by atoms with Gasteiger partial charge in [-0.05, 0) is 19.9 Å². The van der Waals surface area contributed by atoms with E-state index in [1.165, 1.54) is 35.4 Å². The monoisotopic (exact) mass is 604 g/mol. The fraction of sp³-hybridized carbons (Fsp3) is 0.769. The number of methoxy groups -OCH3 is 4. The molecule has 0 saturated carbocycles. The first-order valence-corrected chi connectivity index (χ1v) is 13.6. The number of amides is 1. The molecule has 0 aromatic rings. The van der Waals surface area contributed by atoms with E-state index in [1.54, 1.807) is 19.6 Å². The van der Waals surface area contributed by atoms with E-state index >= 15 is 0 Å². The molecule has 0 atom stereocenters. The van der Waals surface area contributed by atoms with Gasteiger partial charge in [0.2, 0.25) is 5.91 Å². The smallest absolute Gasteiger partial charge is 0.319 e. The second-order valence-corrected chi connectivity index (χ2v) is 9.47. The molecule has 0 unspecified atom stereocenters. The second kappa shape index (κ2) is 23.4. The number of ether oxygens (including phenoxy) is 4. The summed E-state index contributed by atoms with van der Waals surface area (Å²) in [6, 6.07) is 0. The van der Waals surface area contributed by atoms with E-state index in [1.807, 2.05) is 0 Å². The number of ketones is 1. The van der Waals surface area contributed by atoms with Gasteiger partial charge in [-0.2, -0.15) is 0 Å². The molecule has 0 saturated heterocycles. The number of Topliss-reactive ketones (excluding diaryl/α,β-unsaturated/α-hetero) is 1. The van der Waals surface area contributed by atoms with Gasteiger partial charge in [0.15, 0.2) is 0 Å². The summed E-state index contributed by atoms with van der Waals surface area (Å²) in [5.41, 5.74) is 5.46. The van der Waals surface area contributed by atoms with Crippen LogP contribution in [0.4, 0.5) is 0 Å². The molecule has 0 rings (SSSR count). The van der Waals surface area contributed by atoms with E-state index in [-0.39, 0.29) is 70.6 Å². The van der Waals surface area contributed by atoms with Gasteiger partial charge in [0, 0.05) is 45.8 Å². The van der Waals surface area contributed by atoms with Gasteiger partial charge in [0.1, 0.15) is 5.78 Å². The number of hydrogen-bond acceptors (Lipinski definition) is 15. The van der Waals surface area contributed by atoms with Gasteiger partial charge >= 0.3 is 23.9 Å². The Morgan fingerprint density at radius 2 is 0.881 bits per heavy atom. The summed E-state index contributed by atoms with van der Waals surface area (Å²) in [5.74, 6) is -2.39. The summed E-state index contributed by atoms with van der Waals surface area (Å²) < 4.78 is 19.1. The topological polar surface area (TPSA) is 190 Å². The quantitative estimate of drug-likeness (QED) is 0.0641. The first-order chi connectivity index (χ1) is 20.0. The summed E-state index contributed by atoms with van der Waals surface area (Å²) in [6.07, 6.45) is 0.618. The Morgan fingerprint density at radius 3 is 1.21 bits per heavy atom. The highest BCUT2D eigenvalue weighted by atomic mass is 16.5. The molecule has 42 heavy (non-hydrogen) atoms. The van der Waals surface area contributed by atoms with Gasteiger partial charge < -0.3 is 30.0 Å². The van der Waals surface area contributed by atoms with Gasteiger partial charge in [-0.3, -0.25) is 48.4 Å². The molecule has 0 bridgehead atoms. The van der Waals surface area contributed by atoms with Crippen LogP contribution in [0.15, 0.2) is 0 Å². The van der Waals surface area contributed by atoms with Crippen molar-refractivity contribution in [3.63, 3.8) is 0 Å². The molecule has 0 aliphatic carbocycles. The number of rotatable bonds is 24. The number of carbonyl (C=O) groups excluding carboxylic acids is 6. The van der Waals surface area contributed by atoms with Crippen molar-refractivity contribution in [1.29, 1.82) is 0 Å². The van der Waals surface area contributed by atoms with E-state index in [0.717, 1.165) is 0 Å². The summed E-state index contributed by atoms with van der Waals surface area (Å²) in [7, 11) is 5.05. The third kappa shape index (κ3) is 19.8. The Morgan fingerprint density at radius 1 is 0.548 bits per heavy atom. The lowest BCUT2D eigenvalue weighted by Crippen LogP contribution is -2.47. The number of nitrogens with two attached hydrogens (primary N) is 1. The van der Waals surface area contributed by atoms with Crippen LogP contribution in [0.2, 0.25) is 0 Å². The molecule has 0 fully saturated rings. The minimum Gasteiger partial charge on any atom is -0.468 e. The summed E-state index contributed by atoms with van der Waals surface area (Å²) in [5, 5.41) is 2.74. The van der Waals surface area contributed by atoms with Crippen molar-refractivity contribution in [3.05, 3.63) is 0 Å². The standard InChI is InChI=1S/C26H48N6O10/c1-21(33)15-31(19-25(37)41-4)13-11-29(17-23(35)39-2)9-10-30(18-24(36)40-3)12-14-32(20-26(38)42-5)16-22(34)28-8-6-7-27/h6-20,27H2,1-5H3,(H,28,34). The SMILES string of the molecule is COC(=O)CN(CCN(CCN(CC(=O)NCCCN)CC(=O)OC)CC(=O)OC)CCN(CC(C)=O)CC(=O)OC. The normalized spacial score (nSPS) is 11.1. The van der Waals surface area contributed by atoms with E-state index in [2.05, 4.69) is 5.32 Å². The van der Waals surface area contributed by atoms with Crippen LogP contribution in [0.1, 0.15) is 13.3 Å². The van der Waals surface area contributed by atoms with E-state index in [9.17, 15) is 28.8 Å². The number of nitrogens with one attached hydrogen (secondary N) is 1. The molecule has 0 spiro atoms. The van der Waals surface area contributed by atoms with Crippen LogP contribution in [-0.4, -0.2) is 175 Å². The Labute approximate surface area is 247 Å². The Balaban J connectivity index is 5.50. The van der Waals surface area contributed by atoms with Crippen molar-refractivity contribution >= 4 is 35.6 Å². The van der Waals surface area contributed by atoms with Gasteiger partial charge in [-0.1, -0.05) is 0 Å². The summed E-state index contributed by atoms with van der Waals surface area (Å²) >= 11 is 0. The third-order valence-corrected chi connectivity index (χ3v) is 6.04. The zero-order valence-corrected chi connectivity index (χ0v) is 25.6. The van der Waals surface area contributed by atoms with E-state index in [4.69, 9.17) is 24.7 Å². The predicted molar refractivity (Wildman–Crippen MR) is 151 cm³/mol. The molecular formula is C26H48N6O10. The molecule has 242 valence electrons. The number of hydrogen-bond donors (Lipinski definition) is 2. The molecule has 0 aliphatic rings. The molecule has 0 radical (unpaired) electrons. The van der Waals surface area contributed by atoms with Crippen molar-refractivity contribution in [2.45, 2.75) is 13.3 Å². The lowest BCUT2D eigenvalue weighted by atomic mass is 10.3. The fourth-order valence-corrected chi connectivity index (χ4v) is 3.71. The van der Waals surface area contributed by atoms with Gasteiger partial charge in [0.05, 0.1) is 67.7 Å². The first kappa shape index (κ1) is 38.8. The Kier molecular flexibility index (Phi) is 21.6. The van der Waals surface area contributed by atoms with Gasteiger partial charge in [-0.15, -0.1) is 0 Å². The van der Waals surface area contributed by atoms with Crippen molar-refractivity contribution in [2.24, 2.45) is 5.73 Å². The van der Waals surface area contributed by atoms with Crippen molar-refractivity contribution in [2.75, 3.05) is 120 Å². The van der Waals surface area contributed by atoms with E-state index in [0.29, 0.717) is 39.1 Å². The zero-order valence-electron chi connectivity index (χ0n) is 25.6. The van der Waals surface area contributed by atoms with Crippen molar-refractivity contribution in [3.8, 4) is 0 Å². The van der Waals surface area contributed by atoms with Crippen LogP contribution in [-0.2, 0) is 47.7 Å². The highest BCUT2D eigenvalue weighted by Gasteiger charge is 2.21. The van der Waals surface area contributed by atoms with Crippen LogP contribution in [0, 0.1) is 0 Å². The van der Waals surface area contributed by atoms with Crippen molar-refractivity contribution in [1.82, 2.24) is 24.9 Å². The number of nitrogens with zero attached hydrogens (tertiary/aromatic N) is 4. The zero-order chi connectivity index (χ0) is 31.9. The Bertz CT molecular complexity index is 859. The predicted octanol–water partition coefficient (Wildman–Crippen LogP) is -3.06. The van der Waals surface area contributed by atoms with E-state index < -0.39 is 23.9 Å². The molecule has 1 amide bonds. The molecular weight excluding hydrogens is 556 g/mol. The second-order valence-electron chi connectivity index (χ2n) is 9.47. The van der Waals surface area contributed by atoms with Gasteiger partial charge in [0.25, 0.3) is 0 Å². The number of carbonyl (C=O) groups is 6. The highest BCUT2D eigenvalue weighted by molar-refractivity contribution is 5.79. The summed E-state index contributed by atoms with van der Waals surface area (Å²) in [6.45, 7) is 3.62. The molecule has 0 aliphatic heterocycles. The number of esters is 4. The maximum Gasteiger partial charge on any atom is 0.319 e. The Hall–Kier alpha value is -3.18. The lowest BCUT2D eigenvalue weighted by molar-refractivity contribution is -0.144. The van der Waals surface area contributed by atoms with Crippen LogP contribution in [0.3, 0.4) is 0 Å². The molecule has 0 heterocycles. The minimum absolute atomic E-state index is 0.0332. The minimum atomic E-state index is -0.518. The fourth-order valence-electron chi connectivity index (χ4n) is 3.71. The molecule has 0 aromatic heterocycles. The molecule has 16 heteroatoms. The average Bonchev–Trinajstić information content (AvgIpc) is 2.95. The lowest BCUT2D eigenvalue weighted by Gasteiger charge is -2.30. The maximum atomic E-state index is 12.4. The highest BCUT2D eigenvalue weighted by Crippen LogP contribution is 2.00. The van der Waals surface area contributed by atoms with Crippen LogP contribution < -0.4 is 11.1 Å².